The number of piperidine rings is 1. The summed E-state index contributed by atoms with van der Waals surface area (Å²) in [5, 5.41) is 33.8. The molecule has 0 aromatic rings. The van der Waals surface area contributed by atoms with Gasteiger partial charge in [-0.25, -0.2) is 4.79 Å². The number of carbonyl (C=O) groups is 5. The first-order valence-electron chi connectivity index (χ1n) is 23.9. The van der Waals surface area contributed by atoms with Gasteiger partial charge in [0.25, 0.3) is 11.7 Å². The van der Waals surface area contributed by atoms with Crippen LogP contribution in [0.2, 0.25) is 0 Å². The van der Waals surface area contributed by atoms with Crippen molar-refractivity contribution >= 4 is 29.2 Å². The standard InChI is InChI=1S/C51H79NO13/c1-30-16-12-11-13-17-31(2)42(61-8)28-38-21-19-36(7)51(60,65-38)48(57)49(58)52-23-15-14-18-39(52)50(59)64-43(33(4)26-37-20-22-40(53)44(27-37)62-9)29-41(54)32(3)25-35(6)46(56)47(63-10)45(55)34(5)24-30/h11-13,16-17,25,30,32-34,36-40,42-44,46-47,53,56,60H,14-15,18-24,26-29H2,1-10H3/b13-11+,16-12+,31-17+,35-25-/t30-,32-,33-,34-,36-,37+,38+,39+,40-,42+,43+,44-,46-,47-,51-/m1/s1. The van der Waals surface area contributed by atoms with Crippen molar-refractivity contribution in [1.82, 2.24) is 4.90 Å². The SMILES string of the molecule is CO[C@H]1C[C@@H]2CC[C@@H](C)[C@@](O)(O2)C(=O)C(=O)N2CCCC[C@H]2C(=O)O[C@H]([C@H](C)C[C@@H]2CC[C@@H](O)[C@H](OC)C2)CC(=O)[C@H](C)/C=C(/C)[C@@H](O)[C@H](OC)C(=O)[C@H](C)C[C@H](C)/C=C/C=C/C=C/1C. The third-order valence-corrected chi connectivity index (χ3v) is 14.5. The highest BCUT2D eigenvalue weighted by molar-refractivity contribution is 6.39. The molecule has 1 amide bonds. The molecule has 4 aliphatic rings. The van der Waals surface area contributed by atoms with E-state index in [0.29, 0.717) is 63.4 Å². The number of ketones is 3. The Morgan fingerprint density at radius 3 is 2.25 bits per heavy atom. The fourth-order valence-electron chi connectivity index (χ4n) is 10.1. The van der Waals surface area contributed by atoms with Crippen molar-refractivity contribution in [2.45, 2.75) is 180 Å². The summed E-state index contributed by atoms with van der Waals surface area (Å²) in [6, 6.07) is -1.14. The second-order valence-corrected chi connectivity index (χ2v) is 19.6. The molecule has 0 radical (unpaired) electrons. The lowest BCUT2D eigenvalue weighted by Gasteiger charge is -2.42. The Kier molecular flexibility index (Phi) is 21.0. The zero-order chi connectivity index (χ0) is 48.2. The zero-order valence-corrected chi connectivity index (χ0v) is 40.6. The lowest BCUT2D eigenvalue weighted by molar-refractivity contribution is -0.265. The quantitative estimate of drug-likeness (QED) is 0.156. The van der Waals surface area contributed by atoms with Crippen LogP contribution in [0.4, 0.5) is 0 Å². The number of hydrogen-bond acceptors (Lipinski definition) is 13. The molecule has 2 saturated heterocycles. The number of fused-ring (bicyclic) bond motifs is 3. The predicted octanol–water partition coefficient (Wildman–Crippen LogP) is 6.18. The van der Waals surface area contributed by atoms with E-state index < -0.39 is 83.9 Å². The van der Waals surface area contributed by atoms with Crippen molar-refractivity contribution in [1.29, 1.82) is 0 Å². The number of nitrogens with zero attached hydrogens (tertiary/aromatic N) is 1. The Morgan fingerprint density at radius 2 is 1.57 bits per heavy atom. The van der Waals surface area contributed by atoms with Crippen LogP contribution in [0.5, 0.6) is 0 Å². The van der Waals surface area contributed by atoms with Gasteiger partial charge in [0.1, 0.15) is 30.1 Å². The third-order valence-electron chi connectivity index (χ3n) is 14.5. The summed E-state index contributed by atoms with van der Waals surface area (Å²) in [6.07, 6.45) is 11.2. The minimum atomic E-state index is -2.43. The van der Waals surface area contributed by atoms with Crippen molar-refractivity contribution in [3.8, 4) is 0 Å². The van der Waals surface area contributed by atoms with Gasteiger partial charge >= 0.3 is 5.97 Å². The van der Waals surface area contributed by atoms with E-state index in [4.69, 9.17) is 23.7 Å². The molecular weight excluding hydrogens is 835 g/mol. The van der Waals surface area contributed by atoms with E-state index in [1.165, 1.54) is 12.0 Å². The number of cyclic esters (lactones) is 1. The summed E-state index contributed by atoms with van der Waals surface area (Å²) in [4.78, 5) is 71.8. The summed E-state index contributed by atoms with van der Waals surface area (Å²) in [6.45, 7) is 12.7. The van der Waals surface area contributed by atoms with E-state index in [2.05, 4.69) is 0 Å². The average Bonchev–Trinajstić information content (AvgIpc) is 3.28. The number of rotatable bonds is 6. The molecule has 0 aromatic heterocycles. The monoisotopic (exact) mass is 914 g/mol. The number of amides is 1. The molecule has 0 spiro atoms. The third kappa shape index (κ3) is 14.3. The number of esters is 1. The highest BCUT2D eigenvalue weighted by atomic mass is 16.6. The highest BCUT2D eigenvalue weighted by Crippen LogP contribution is 2.38. The maximum Gasteiger partial charge on any atom is 0.329 e. The van der Waals surface area contributed by atoms with Gasteiger partial charge in [-0.1, -0.05) is 71.1 Å². The largest absolute Gasteiger partial charge is 0.460 e. The Hall–Kier alpha value is -3.37. The molecule has 1 saturated carbocycles. The van der Waals surface area contributed by atoms with E-state index in [1.54, 1.807) is 41.1 Å². The van der Waals surface area contributed by atoms with Gasteiger partial charge in [0.15, 0.2) is 5.78 Å². The van der Waals surface area contributed by atoms with E-state index >= 15 is 0 Å². The van der Waals surface area contributed by atoms with Crippen LogP contribution >= 0.6 is 0 Å². The molecule has 1 aliphatic carbocycles. The number of aliphatic hydroxyl groups is 3. The molecule has 14 heteroatoms. The Labute approximate surface area is 387 Å². The Morgan fingerprint density at radius 1 is 0.846 bits per heavy atom. The molecule has 3 fully saturated rings. The summed E-state index contributed by atoms with van der Waals surface area (Å²) < 4.78 is 29.4. The number of allylic oxidation sites excluding steroid dienone is 6. The van der Waals surface area contributed by atoms with Crippen LogP contribution in [0.15, 0.2) is 47.6 Å². The lowest BCUT2D eigenvalue weighted by atomic mass is 9.78. The molecule has 3 N–H and O–H groups in total. The van der Waals surface area contributed by atoms with Crippen molar-refractivity contribution in [3.05, 3.63) is 47.6 Å². The first-order chi connectivity index (χ1) is 30.7. The molecule has 0 unspecified atom stereocenters. The molecule has 14 nitrogen and oxygen atoms in total. The van der Waals surface area contributed by atoms with Crippen molar-refractivity contribution in [2.75, 3.05) is 27.9 Å². The first kappa shape index (κ1) is 54.2. The minimum absolute atomic E-state index is 0.0193. The summed E-state index contributed by atoms with van der Waals surface area (Å²) >= 11 is 0. The van der Waals surface area contributed by atoms with Crippen LogP contribution in [0.3, 0.4) is 0 Å². The van der Waals surface area contributed by atoms with Crippen LogP contribution in [0.25, 0.3) is 0 Å². The van der Waals surface area contributed by atoms with Crippen LogP contribution in [-0.2, 0) is 47.7 Å². The normalized spacial score (nSPS) is 40.4. The highest BCUT2D eigenvalue weighted by Gasteiger charge is 2.53. The molecule has 4 rings (SSSR count). The topological polar surface area (TPSA) is 195 Å². The second kappa shape index (κ2) is 25.1. The minimum Gasteiger partial charge on any atom is -0.460 e. The van der Waals surface area contributed by atoms with Crippen molar-refractivity contribution < 1.29 is 63.0 Å². The number of ether oxygens (including phenoxy) is 5. The maximum atomic E-state index is 14.4. The predicted molar refractivity (Wildman–Crippen MR) is 245 cm³/mol. The van der Waals surface area contributed by atoms with Gasteiger partial charge in [0.2, 0.25) is 5.79 Å². The van der Waals surface area contributed by atoms with E-state index in [1.807, 2.05) is 58.1 Å². The van der Waals surface area contributed by atoms with Crippen LogP contribution in [0, 0.1) is 35.5 Å². The first-order valence-corrected chi connectivity index (χ1v) is 23.9. The summed E-state index contributed by atoms with van der Waals surface area (Å²) in [5.74, 6) is -7.96. The molecule has 366 valence electrons. The van der Waals surface area contributed by atoms with E-state index in [0.717, 1.165) is 12.0 Å². The van der Waals surface area contributed by atoms with Gasteiger partial charge in [-0.3, -0.25) is 19.2 Å². The maximum absolute atomic E-state index is 14.4. The van der Waals surface area contributed by atoms with Crippen LogP contribution < -0.4 is 0 Å². The van der Waals surface area contributed by atoms with E-state index in [-0.39, 0.29) is 54.8 Å². The fraction of sp³-hybridized carbons (Fsp3) is 0.745. The number of aliphatic hydroxyl groups excluding tert-OH is 2. The summed E-state index contributed by atoms with van der Waals surface area (Å²) in [5.41, 5.74) is 1.27. The van der Waals surface area contributed by atoms with Gasteiger partial charge in [-0.15, -0.1) is 0 Å². The second-order valence-electron chi connectivity index (χ2n) is 19.6. The number of methoxy groups -OCH3 is 3. The molecule has 0 aromatic carbocycles. The van der Waals surface area contributed by atoms with E-state index in [9.17, 15) is 39.3 Å². The molecule has 65 heavy (non-hydrogen) atoms. The lowest BCUT2D eigenvalue weighted by Crippen LogP contribution is -2.61. The summed E-state index contributed by atoms with van der Waals surface area (Å²) in [7, 11) is 4.52. The average molecular weight is 914 g/mol. The van der Waals surface area contributed by atoms with Gasteiger partial charge in [0.05, 0.1) is 24.4 Å². The van der Waals surface area contributed by atoms with Crippen molar-refractivity contribution in [3.63, 3.8) is 0 Å². The van der Waals surface area contributed by atoms with Gasteiger partial charge in [0, 0.05) is 58.5 Å². The molecule has 15 atom stereocenters. The zero-order valence-electron chi connectivity index (χ0n) is 40.6. The Bertz CT molecular complexity index is 1760. The molecule has 3 heterocycles. The smallest absolute Gasteiger partial charge is 0.329 e. The van der Waals surface area contributed by atoms with Gasteiger partial charge < -0.3 is 43.9 Å². The fourth-order valence-corrected chi connectivity index (χ4v) is 10.1. The molecule has 3 aliphatic heterocycles. The van der Waals surface area contributed by atoms with Crippen molar-refractivity contribution in [2.24, 2.45) is 35.5 Å². The van der Waals surface area contributed by atoms with Gasteiger partial charge in [-0.05, 0) is 107 Å². The Balaban J connectivity index is 1.70. The number of Topliss-reactive ketones (excluding diaryl/α,β-unsaturated/α-hetero) is 3. The number of hydrogen-bond donors (Lipinski definition) is 3. The number of carbonyl (C=O) groups excluding carboxylic acids is 5. The molecular formula is C51H79NO13. The van der Waals surface area contributed by atoms with Crippen LogP contribution in [-0.4, -0.2) is 132 Å². The molecule has 2 bridgehead atoms. The van der Waals surface area contributed by atoms with Crippen LogP contribution in [0.1, 0.15) is 126 Å². The van der Waals surface area contributed by atoms with Gasteiger partial charge in [-0.2, -0.15) is 0 Å².